The number of halogens is 2. The van der Waals surface area contributed by atoms with Crippen LogP contribution >= 0.6 is 23.2 Å². The van der Waals surface area contributed by atoms with Crippen LogP contribution in [0.15, 0.2) is 36.7 Å². The fourth-order valence-corrected chi connectivity index (χ4v) is 3.17. The van der Waals surface area contributed by atoms with Gasteiger partial charge in [-0.1, -0.05) is 23.2 Å². The number of aromatic nitrogens is 1. The molecule has 2 aromatic rings. The Morgan fingerprint density at radius 2 is 1.72 bits per heavy atom. The van der Waals surface area contributed by atoms with Gasteiger partial charge in [-0.15, -0.1) is 0 Å². The standard InChI is InChI=1S/C16H16Cl2N4O3/c17-9-8-12(22-5-1-2-6-22)10(18)7-11(9)21-15(23)13-14(16(24)25)20-4-3-19-13/h1-2,5-8,13-14,19-20H,3-4H2,(H,21,23)(H,24,25). The van der Waals surface area contributed by atoms with Crippen molar-refractivity contribution in [3.05, 3.63) is 46.7 Å². The Bertz CT molecular complexity index is 795. The Balaban J connectivity index is 1.81. The first-order valence-corrected chi connectivity index (χ1v) is 8.36. The molecular weight excluding hydrogens is 367 g/mol. The number of hydrogen-bond acceptors (Lipinski definition) is 4. The van der Waals surface area contributed by atoms with E-state index in [2.05, 4.69) is 16.0 Å². The van der Waals surface area contributed by atoms with E-state index in [1.807, 2.05) is 24.5 Å². The minimum absolute atomic E-state index is 0.303. The maximum absolute atomic E-state index is 12.5. The van der Waals surface area contributed by atoms with E-state index >= 15 is 0 Å². The Morgan fingerprint density at radius 1 is 1.08 bits per heavy atom. The van der Waals surface area contributed by atoms with Crippen molar-refractivity contribution in [2.75, 3.05) is 18.4 Å². The third kappa shape index (κ3) is 3.80. The van der Waals surface area contributed by atoms with Crippen molar-refractivity contribution in [2.45, 2.75) is 12.1 Å². The molecule has 7 nitrogen and oxygen atoms in total. The lowest BCUT2D eigenvalue weighted by molar-refractivity contribution is -0.142. The quantitative estimate of drug-likeness (QED) is 0.645. The molecule has 1 aliphatic heterocycles. The maximum Gasteiger partial charge on any atom is 0.322 e. The summed E-state index contributed by atoms with van der Waals surface area (Å²) in [6.07, 6.45) is 3.65. The molecule has 9 heteroatoms. The predicted molar refractivity (Wildman–Crippen MR) is 95.6 cm³/mol. The first-order valence-electron chi connectivity index (χ1n) is 7.60. The number of rotatable bonds is 4. The van der Waals surface area contributed by atoms with Crippen LogP contribution in [-0.4, -0.2) is 46.7 Å². The zero-order valence-electron chi connectivity index (χ0n) is 13.0. The van der Waals surface area contributed by atoms with Gasteiger partial charge in [0, 0.05) is 25.5 Å². The van der Waals surface area contributed by atoms with Gasteiger partial charge in [0.05, 0.1) is 21.4 Å². The van der Waals surface area contributed by atoms with Crippen molar-refractivity contribution in [3.63, 3.8) is 0 Å². The molecule has 0 saturated carbocycles. The number of carbonyl (C=O) groups is 2. The fraction of sp³-hybridized carbons (Fsp3) is 0.250. The van der Waals surface area contributed by atoms with Crippen molar-refractivity contribution in [3.8, 4) is 5.69 Å². The fourth-order valence-electron chi connectivity index (χ4n) is 2.70. The lowest BCUT2D eigenvalue weighted by Gasteiger charge is -2.29. The molecule has 2 heterocycles. The van der Waals surface area contributed by atoms with Gasteiger partial charge < -0.3 is 25.6 Å². The lowest BCUT2D eigenvalue weighted by atomic mass is 10.1. The highest BCUT2D eigenvalue weighted by Gasteiger charge is 2.35. The van der Waals surface area contributed by atoms with Crippen molar-refractivity contribution >= 4 is 40.8 Å². The summed E-state index contributed by atoms with van der Waals surface area (Å²) in [5.74, 6) is -1.59. The molecule has 2 unspecified atom stereocenters. The lowest BCUT2D eigenvalue weighted by Crippen LogP contribution is -2.63. The molecule has 0 radical (unpaired) electrons. The second kappa shape index (κ2) is 7.45. The average molecular weight is 383 g/mol. The number of anilines is 1. The Kier molecular flexibility index (Phi) is 5.29. The summed E-state index contributed by atoms with van der Waals surface area (Å²) >= 11 is 12.5. The molecule has 1 aliphatic rings. The van der Waals surface area contributed by atoms with Gasteiger partial charge >= 0.3 is 5.97 Å². The predicted octanol–water partition coefficient (Wildman–Crippen LogP) is 1.74. The Labute approximate surface area is 153 Å². The molecule has 0 spiro atoms. The number of hydrogen-bond donors (Lipinski definition) is 4. The number of carboxylic acid groups (broad SMARTS) is 1. The van der Waals surface area contributed by atoms with E-state index < -0.39 is 24.0 Å². The highest BCUT2D eigenvalue weighted by atomic mass is 35.5. The first-order chi connectivity index (χ1) is 12.0. The average Bonchev–Trinajstić information content (AvgIpc) is 3.12. The molecular formula is C16H16Cl2N4O3. The topological polar surface area (TPSA) is 95.4 Å². The zero-order valence-corrected chi connectivity index (χ0v) is 14.5. The van der Waals surface area contributed by atoms with E-state index in [1.54, 1.807) is 16.7 Å². The summed E-state index contributed by atoms with van der Waals surface area (Å²) < 4.78 is 1.80. The summed E-state index contributed by atoms with van der Waals surface area (Å²) in [6.45, 7) is 0.960. The number of aliphatic carboxylic acids is 1. The molecule has 0 aliphatic carbocycles. The number of carboxylic acids is 1. The number of amides is 1. The highest BCUT2D eigenvalue weighted by Crippen LogP contribution is 2.31. The number of carbonyl (C=O) groups excluding carboxylic acids is 1. The van der Waals surface area contributed by atoms with Crippen molar-refractivity contribution < 1.29 is 14.7 Å². The van der Waals surface area contributed by atoms with Gasteiger partial charge in [-0.05, 0) is 24.3 Å². The Morgan fingerprint density at radius 3 is 2.36 bits per heavy atom. The summed E-state index contributed by atoms with van der Waals surface area (Å²) in [5.41, 5.74) is 1.000. The van der Waals surface area contributed by atoms with Gasteiger partial charge in [0.2, 0.25) is 5.91 Å². The third-order valence-corrected chi connectivity index (χ3v) is 4.53. The highest BCUT2D eigenvalue weighted by molar-refractivity contribution is 6.37. The van der Waals surface area contributed by atoms with E-state index in [9.17, 15) is 14.7 Å². The van der Waals surface area contributed by atoms with Crippen LogP contribution in [0, 0.1) is 0 Å². The van der Waals surface area contributed by atoms with Gasteiger partial charge in [-0.3, -0.25) is 9.59 Å². The van der Waals surface area contributed by atoms with Crippen molar-refractivity contribution in [2.24, 2.45) is 0 Å². The van der Waals surface area contributed by atoms with Crippen LogP contribution in [0.25, 0.3) is 5.69 Å². The van der Waals surface area contributed by atoms with Crippen LogP contribution in [0.4, 0.5) is 5.69 Å². The molecule has 1 aromatic carbocycles. The number of piperazine rings is 1. The van der Waals surface area contributed by atoms with Gasteiger partial charge in [-0.25, -0.2) is 0 Å². The number of benzene rings is 1. The second-order valence-electron chi connectivity index (χ2n) is 5.56. The SMILES string of the molecule is O=C(O)C1NCCNC1C(=O)Nc1cc(Cl)c(-n2cccc2)cc1Cl. The maximum atomic E-state index is 12.5. The van der Waals surface area contributed by atoms with Gasteiger partial charge in [-0.2, -0.15) is 0 Å². The van der Waals surface area contributed by atoms with Crippen LogP contribution in [0.5, 0.6) is 0 Å². The van der Waals surface area contributed by atoms with Crippen molar-refractivity contribution in [1.82, 2.24) is 15.2 Å². The van der Waals surface area contributed by atoms with Gasteiger partial charge in [0.25, 0.3) is 0 Å². The minimum Gasteiger partial charge on any atom is -0.480 e. The largest absolute Gasteiger partial charge is 0.480 e. The van der Waals surface area contributed by atoms with E-state index in [0.717, 1.165) is 0 Å². The van der Waals surface area contributed by atoms with E-state index in [0.29, 0.717) is 34.5 Å². The second-order valence-corrected chi connectivity index (χ2v) is 6.38. The molecule has 2 atom stereocenters. The van der Waals surface area contributed by atoms with Gasteiger partial charge in [0.1, 0.15) is 12.1 Å². The smallest absolute Gasteiger partial charge is 0.322 e. The van der Waals surface area contributed by atoms with E-state index in [4.69, 9.17) is 23.2 Å². The zero-order chi connectivity index (χ0) is 18.0. The first kappa shape index (κ1) is 17.8. The molecule has 1 fully saturated rings. The van der Waals surface area contributed by atoms with E-state index in [1.165, 1.54) is 0 Å². The molecule has 132 valence electrons. The van der Waals surface area contributed by atoms with Gasteiger partial charge in [0.15, 0.2) is 0 Å². The molecule has 4 N–H and O–H groups in total. The molecule has 0 bridgehead atoms. The summed E-state index contributed by atoms with van der Waals surface area (Å²) in [6, 6.07) is 4.97. The number of nitrogens with one attached hydrogen (secondary N) is 3. The summed E-state index contributed by atoms with van der Waals surface area (Å²) in [7, 11) is 0. The van der Waals surface area contributed by atoms with Crippen LogP contribution in [0.2, 0.25) is 10.0 Å². The van der Waals surface area contributed by atoms with Crippen LogP contribution in [0.1, 0.15) is 0 Å². The summed E-state index contributed by atoms with van der Waals surface area (Å²) in [4.78, 5) is 23.8. The molecule has 3 rings (SSSR count). The number of nitrogens with zero attached hydrogens (tertiary/aromatic N) is 1. The van der Waals surface area contributed by atoms with Crippen molar-refractivity contribution in [1.29, 1.82) is 0 Å². The monoisotopic (exact) mass is 382 g/mol. The molecule has 1 saturated heterocycles. The van der Waals surface area contributed by atoms with Crippen LogP contribution < -0.4 is 16.0 Å². The third-order valence-electron chi connectivity index (χ3n) is 3.91. The normalized spacial score (nSPS) is 20.2. The van der Waals surface area contributed by atoms with Crippen LogP contribution in [-0.2, 0) is 9.59 Å². The minimum atomic E-state index is -1.10. The molecule has 25 heavy (non-hydrogen) atoms. The molecule has 1 aromatic heterocycles. The van der Waals surface area contributed by atoms with E-state index in [-0.39, 0.29) is 0 Å². The summed E-state index contributed by atoms with van der Waals surface area (Å²) in [5, 5.41) is 18.3. The van der Waals surface area contributed by atoms with Crippen LogP contribution in [0.3, 0.4) is 0 Å². The Hall–Kier alpha value is -2.06. The molecule has 1 amide bonds.